The Bertz CT molecular complexity index is 993. The third-order valence-corrected chi connectivity index (χ3v) is 5.74. The number of azide groups is 2. The summed E-state index contributed by atoms with van der Waals surface area (Å²) in [5.41, 5.74) is 16.3. The molecule has 1 aromatic rings. The summed E-state index contributed by atoms with van der Waals surface area (Å²) in [4.78, 5) is 29.7. The van der Waals surface area contributed by atoms with Gasteiger partial charge in [0, 0.05) is 29.5 Å². The molecule has 0 fully saturated rings. The Labute approximate surface area is 259 Å². The lowest BCUT2D eigenvalue weighted by atomic mass is 10.1. The SMILES string of the molecule is CSc1nnc(C(CCCCNC(=O)COCCOCCOCCN=[N+]=[N-])NC(=O)COCCOCCOCCN=[N+]=[N-])o1. The quantitative estimate of drug-likeness (QED) is 0.0400. The minimum atomic E-state index is -0.506. The highest BCUT2D eigenvalue weighted by Gasteiger charge is 2.21. The minimum absolute atomic E-state index is 0.0815. The van der Waals surface area contributed by atoms with Crippen LogP contribution in [0.15, 0.2) is 19.9 Å². The normalized spacial score (nSPS) is 11.4. The molecule has 0 aliphatic carbocycles. The molecule has 2 N–H and O–H groups in total. The van der Waals surface area contributed by atoms with Gasteiger partial charge in [0.05, 0.1) is 66.1 Å². The van der Waals surface area contributed by atoms with Crippen molar-refractivity contribution in [3.05, 3.63) is 26.8 Å². The molecule has 1 rings (SSSR count). The van der Waals surface area contributed by atoms with Gasteiger partial charge in [0.2, 0.25) is 17.7 Å². The van der Waals surface area contributed by atoms with Crippen molar-refractivity contribution < 1.29 is 42.4 Å². The van der Waals surface area contributed by atoms with E-state index >= 15 is 0 Å². The van der Waals surface area contributed by atoms with Crippen LogP contribution < -0.4 is 10.6 Å². The van der Waals surface area contributed by atoms with Crippen LogP contribution in [0.5, 0.6) is 0 Å². The number of rotatable bonds is 30. The van der Waals surface area contributed by atoms with Crippen LogP contribution in [0.4, 0.5) is 0 Å². The van der Waals surface area contributed by atoms with E-state index in [4.69, 9.17) is 43.9 Å². The number of unbranched alkanes of at least 4 members (excludes halogenated alkanes) is 1. The summed E-state index contributed by atoms with van der Waals surface area (Å²) in [7, 11) is 0. The largest absolute Gasteiger partial charge is 0.414 e. The molecule has 19 nitrogen and oxygen atoms in total. The highest BCUT2D eigenvalue weighted by Crippen LogP contribution is 2.21. The van der Waals surface area contributed by atoms with Gasteiger partial charge >= 0.3 is 0 Å². The highest BCUT2D eigenvalue weighted by molar-refractivity contribution is 7.98. The first-order chi connectivity index (χ1) is 21.6. The maximum Gasteiger partial charge on any atom is 0.276 e. The van der Waals surface area contributed by atoms with E-state index in [1.165, 1.54) is 11.8 Å². The summed E-state index contributed by atoms with van der Waals surface area (Å²) in [6.07, 6.45) is 3.65. The van der Waals surface area contributed by atoms with E-state index in [-0.39, 0.29) is 51.3 Å². The summed E-state index contributed by atoms with van der Waals surface area (Å²) >= 11 is 1.30. The topological polar surface area (TPSA) is 250 Å². The lowest BCUT2D eigenvalue weighted by Gasteiger charge is -2.15. The summed E-state index contributed by atoms with van der Waals surface area (Å²) in [5, 5.41) is 20.7. The van der Waals surface area contributed by atoms with E-state index in [0.29, 0.717) is 89.8 Å². The molecule has 0 spiro atoms. The van der Waals surface area contributed by atoms with Crippen LogP contribution >= 0.6 is 11.8 Å². The van der Waals surface area contributed by atoms with Crippen LogP contribution in [0.3, 0.4) is 0 Å². The van der Waals surface area contributed by atoms with Crippen LogP contribution in [0.1, 0.15) is 31.2 Å². The second kappa shape index (κ2) is 28.6. The average molecular weight is 647 g/mol. The molecule has 2 amide bonds. The van der Waals surface area contributed by atoms with E-state index in [1.54, 1.807) is 0 Å². The fraction of sp³-hybridized carbons (Fsp3) is 0.833. The number of thioether (sulfide) groups is 1. The van der Waals surface area contributed by atoms with Crippen LogP contribution in [0.2, 0.25) is 0 Å². The van der Waals surface area contributed by atoms with Crippen molar-refractivity contribution >= 4 is 23.6 Å². The van der Waals surface area contributed by atoms with E-state index in [9.17, 15) is 9.59 Å². The first-order valence-electron chi connectivity index (χ1n) is 14.0. The Kier molecular flexibility index (Phi) is 25.2. The lowest BCUT2D eigenvalue weighted by molar-refractivity contribution is -0.127. The third kappa shape index (κ3) is 22.4. The maximum atomic E-state index is 12.5. The maximum absolute atomic E-state index is 12.5. The molecule has 0 saturated heterocycles. The summed E-state index contributed by atoms with van der Waals surface area (Å²) in [6, 6.07) is -0.506. The molecular formula is C24H42N10O9S. The lowest BCUT2D eigenvalue weighted by Crippen LogP contribution is -2.32. The minimum Gasteiger partial charge on any atom is -0.414 e. The van der Waals surface area contributed by atoms with Gasteiger partial charge in [0.25, 0.3) is 5.22 Å². The molecule has 0 aromatic carbocycles. The monoisotopic (exact) mass is 646 g/mol. The Hall–Kier alpha value is -3.19. The smallest absolute Gasteiger partial charge is 0.276 e. The number of nitrogens with one attached hydrogen (secondary N) is 2. The van der Waals surface area contributed by atoms with Crippen LogP contribution in [-0.4, -0.2) is 127 Å². The highest BCUT2D eigenvalue weighted by atomic mass is 32.2. The molecule has 248 valence electrons. The zero-order valence-electron chi connectivity index (χ0n) is 25.0. The number of hydrogen-bond donors (Lipinski definition) is 2. The molecule has 0 bridgehead atoms. The second-order valence-electron chi connectivity index (χ2n) is 8.54. The van der Waals surface area contributed by atoms with Gasteiger partial charge in [0.15, 0.2) is 0 Å². The van der Waals surface area contributed by atoms with E-state index in [0.717, 1.165) is 0 Å². The molecule has 1 atom stereocenters. The van der Waals surface area contributed by atoms with Crippen molar-refractivity contribution in [2.45, 2.75) is 30.5 Å². The zero-order valence-corrected chi connectivity index (χ0v) is 25.8. The van der Waals surface area contributed by atoms with Crippen molar-refractivity contribution in [1.82, 2.24) is 20.8 Å². The van der Waals surface area contributed by atoms with Crippen molar-refractivity contribution in [2.24, 2.45) is 10.2 Å². The predicted octanol–water partition coefficient (Wildman–Crippen LogP) is 1.96. The zero-order chi connectivity index (χ0) is 31.9. The molecule has 1 heterocycles. The first-order valence-corrected chi connectivity index (χ1v) is 15.2. The van der Waals surface area contributed by atoms with E-state index < -0.39 is 6.04 Å². The van der Waals surface area contributed by atoms with Gasteiger partial charge in [-0.2, -0.15) is 0 Å². The number of ether oxygens (including phenoxy) is 6. The first kappa shape index (κ1) is 38.8. The Morgan fingerprint density at radius 1 is 0.795 bits per heavy atom. The van der Waals surface area contributed by atoms with Crippen molar-refractivity contribution in [3.8, 4) is 0 Å². The van der Waals surface area contributed by atoms with Crippen molar-refractivity contribution in [3.63, 3.8) is 0 Å². The van der Waals surface area contributed by atoms with Crippen molar-refractivity contribution in [2.75, 3.05) is 105 Å². The predicted molar refractivity (Wildman–Crippen MR) is 157 cm³/mol. The van der Waals surface area contributed by atoms with Gasteiger partial charge in [-0.1, -0.05) is 22.0 Å². The molecule has 0 saturated carbocycles. The number of amides is 2. The number of aromatic nitrogens is 2. The molecule has 0 radical (unpaired) electrons. The van der Waals surface area contributed by atoms with Gasteiger partial charge in [0.1, 0.15) is 19.3 Å². The molecule has 1 unspecified atom stereocenters. The van der Waals surface area contributed by atoms with Crippen LogP contribution in [-0.2, 0) is 38.0 Å². The average Bonchev–Trinajstić information content (AvgIpc) is 3.51. The molecule has 20 heteroatoms. The molecule has 0 aliphatic rings. The van der Waals surface area contributed by atoms with Gasteiger partial charge in [-0.25, -0.2) is 0 Å². The number of hydrogen-bond acceptors (Lipinski definition) is 14. The Morgan fingerprint density at radius 3 is 1.84 bits per heavy atom. The fourth-order valence-electron chi connectivity index (χ4n) is 3.20. The van der Waals surface area contributed by atoms with E-state index in [2.05, 4.69) is 40.9 Å². The summed E-state index contributed by atoms with van der Waals surface area (Å²) < 4.78 is 37.4. The van der Waals surface area contributed by atoms with Gasteiger partial charge in [-0.05, 0) is 36.6 Å². The molecular weight excluding hydrogens is 604 g/mol. The number of carbonyl (C=O) groups excluding carboxylic acids is 2. The fourth-order valence-corrected chi connectivity index (χ4v) is 3.49. The Morgan fingerprint density at radius 2 is 1.32 bits per heavy atom. The van der Waals surface area contributed by atoms with Gasteiger partial charge in [-0.15, -0.1) is 10.2 Å². The second-order valence-corrected chi connectivity index (χ2v) is 9.30. The van der Waals surface area contributed by atoms with Gasteiger partial charge in [-0.3, -0.25) is 9.59 Å². The van der Waals surface area contributed by atoms with E-state index in [1.807, 2.05) is 6.26 Å². The molecule has 0 aliphatic heterocycles. The standard InChI is InChI=1S/C24H42N10O9S/c1-44-24-32-31-23(43-24)20(30-22(36)19-42-17-15-40-13-11-38-9-7-29-34-26)4-2-3-5-27-21(35)18-41-16-14-39-12-10-37-8-6-28-33-25/h20H,2-19H2,1H3,(H,27,35)(H,30,36). The third-order valence-electron chi connectivity index (χ3n) is 5.22. The molecule has 1 aromatic heterocycles. The van der Waals surface area contributed by atoms with Crippen molar-refractivity contribution in [1.29, 1.82) is 0 Å². The van der Waals surface area contributed by atoms with Crippen LogP contribution in [0, 0.1) is 0 Å². The summed E-state index contributed by atoms with van der Waals surface area (Å²) in [6.45, 7) is 3.96. The number of carbonyl (C=O) groups is 2. The molecule has 44 heavy (non-hydrogen) atoms. The van der Waals surface area contributed by atoms with Crippen LogP contribution in [0.25, 0.3) is 20.9 Å². The Balaban J connectivity index is 2.17. The van der Waals surface area contributed by atoms with Gasteiger partial charge < -0.3 is 43.5 Å². The number of nitrogens with zero attached hydrogens (tertiary/aromatic N) is 8. The summed E-state index contributed by atoms with van der Waals surface area (Å²) in [5.74, 6) is -0.282.